The second-order valence-electron chi connectivity index (χ2n) is 8.39. The van der Waals surface area contributed by atoms with Crippen molar-refractivity contribution in [1.29, 1.82) is 0 Å². The highest BCUT2D eigenvalue weighted by atomic mass is 16.5. The molecule has 2 aromatic carbocycles. The first-order chi connectivity index (χ1) is 16.2. The number of rotatable bonds is 10. The van der Waals surface area contributed by atoms with E-state index in [0.717, 1.165) is 22.3 Å². The van der Waals surface area contributed by atoms with Crippen LogP contribution in [0.1, 0.15) is 43.7 Å². The van der Waals surface area contributed by atoms with Gasteiger partial charge in [0.1, 0.15) is 18.7 Å². The van der Waals surface area contributed by atoms with E-state index in [0.29, 0.717) is 6.42 Å². The van der Waals surface area contributed by atoms with Gasteiger partial charge in [-0.1, -0.05) is 61.9 Å². The molecule has 0 aliphatic heterocycles. The predicted octanol–water partition coefficient (Wildman–Crippen LogP) is 2.40. The molecule has 0 spiro atoms. The van der Waals surface area contributed by atoms with Gasteiger partial charge in [0, 0.05) is 5.92 Å². The van der Waals surface area contributed by atoms with E-state index in [1.165, 1.54) is 6.92 Å². The number of hydrogen-bond donors (Lipinski definition) is 4. The minimum absolute atomic E-state index is 0.0951. The van der Waals surface area contributed by atoms with Gasteiger partial charge >= 0.3 is 12.1 Å². The third kappa shape index (κ3) is 5.72. The lowest BCUT2D eigenvalue weighted by atomic mass is 9.96. The Bertz CT molecular complexity index is 1040. The molecule has 2 aromatic rings. The highest BCUT2D eigenvalue weighted by Gasteiger charge is 2.33. The first-order valence-electron chi connectivity index (χ1n) is 11.1. The lowest BCUT2D eigenvalue weighted by Crippen LogP contribution is -2.54. The molecule has 0 heterocycles. The SMILES string of the molecule is CCCC(C)(NC(=O)CNC(=O)CNC(=O)OCC1c2ccccc2-c2ccccc21)C(=O)O. The van der Waals surface area contributed by atoms with E-state index < -0.39 is 36.0 Å². The molecule has 3 rings (SSSR count). The van der Waals surface area contributed by atoms with Gasteiger partial charge in [0.05, 0.1) is 6.54 Å². The number of carboxylic acid groups (broad SMARTS) is 1. The smallest absolute Gasteiger partial charge is 0.407 e. The zero-order chi connectivity index (χ0) is 24.7. The largest absolute Gasteiger partial charge is 0.480 e. The number of amides is 3. The Morgan fingerprint density at radius 2 is 1.47 bits per heavy atom. The van der Waals surface area contributed by atoms with E-state index in [4.69, 9.17) is 4.74 Å². The van der Waals surface area contributed by atoms with Gasteiger partial charge in [-0.25, -0.2) is 9.59 Å². The van der Waals surface area contributed by atoms with Gasteiger partial charge in [0.25, 0.3) is 0 Å². The average Bonchev–Trinajstić information content (AvgIpc) is 3.14. The first-order valence-corrected chi connectivity index (χ1v) is 11.1. The fourth-order valence-electron chi connectivity index (χ4n) is 4.12. The summed E-state index contributed by atoms with van der Waals surface area (Å²) in [5.41, 5.74) is 2.98. The third-order valence-electron chi connectivity index (χ3n) is 5.82. The Labute approximate surface area is 197 Å². The molecule has 4 N–H and O–H groups in total. The topological polar surface area (TPSA) is 134 Å². The number of ether oxygens (including phenoxy) is 1. The second kappa shape index (κ2) is 10.8. The van der Waals surface area contributed by atoms with Crippen molar-refractivity contribution in [3.05, 3.63) is 59.7 Å². The maximum Gasteiger partial charge on any atom is 0.407 e. The van der Waals surface area contributed by atoms with Gasteiger partial charge in [0.15, 0.2) is 0 Å². The third-order valence-corrected chi connectivity index (χ3v) is 5.82. The average molecular weight is 468 g/mol. The summed E-state index contributed by atoms with van der Waals surface area (Å²) >= 11 is 0. The number of carboxylic acids is 1. The number of benzene rings is 2. The molecule has 1 aliphatic carbocycles. The normalized spacial score (nSPS) is 13.7. The molecule has 1 unspecified atom stereocenters. The molecule has 0 fully saturated rings. The molecule has 0 saturated carbocycles. The lowest BCUT2D eigenvalue weighted by molar-refractivity contribution is -0.147. The molecule has 0 radical (unpaired) electrons. The lowest BCUT2D eigenvalue weighted by Gasteiger charge is -2.25. The van der Waals surface area contributed by atoms with Crippen LogP contribution in [0.2, 0.25) is 0 Å². The van der Waals surface area contributed by atoms with E-state index in [1.807, 2.05) is 55.5 Å². The summed E-state index contributed by atoms with van der Waals surface area (Å²) < 4.78 is 5.36. The number of hydrogen-bond acceptors (Lipinski definition) is 5. The molecule has 1 aliphatic rings. The van der Waals surface area contributed by atoms with E-state index >= 15 is 0 Å². The standard InChI is InChI=1S/C25H29N3O6/c1-3-12-25(2,23(31)32)28-22(30)14-26-21(29)13-27-24(33)34-15-20-18-10-6-4-8-16(18)17-9-5-7-11-19(17)20/h4-11,20H,3,12-15H2,1-2H3,(H,26,29)(H,27,33)(H,28,30)(H,31,32). The number of carbonyl (C=O) groups is 4. The molecule has 3 amide bonds. The maximum absolute atomic E-state index is 12.1. The van der Waals surface area contributed by atoms with Gasteiger partial charge in [-0.3, -0.25) is 9.59 Å². The summed E-state index contributed by atoms with van der Waals surface area (Å²) in [4.78, 5) is 47.6. The van der Waals surface area contributed by atoms with E-state index in [1.54, 1.807) is 0 Å². The van der Waals surface area contributed by atoms with Crippen molar-refractivity contribution in [2.45, 2.75) is 38.1 Å². The van der Waals surface area contributed by atoms with Crippen LogP contribution < -0.4 is 16.0 Å². The number of fused-ring (bicyclic) bond motifs is 3. The van der Waals surface area contributed by atoms with Crippen LogP contribution in [0.5, 0.6) is 0 Å². The van der Waals surface area contributed by atoms with Gasteiger partial charge in [-0.2, -0.15) is 0 Å². The van der Waals surface area contributed by atoms with Crippen molar-refractivity contribution < 1.29 is 29.0 Å². The Hall–Kier alpha value is -3.88. The summed E-state index contributed by atoms with van der Waals surface area (Å²) in [6.07, 6.45) is 0.0769. The van der Waals surface area contributed by atoms with Crippen molar-refractivity contribution >= 4 is 23.9 Å². The summed E-state index contributed by atoms with van der Waals surface area (Å²) in [5, 5.41) is 16.4. The molecular formula is C25H29N3O6. The van der Waals surface area contributed by atoms with Crippen LogP contribution in [-0.4, -0.2) is 54.2 Å². The van der Waals surface area contributed by atoms with E-state index in [9.17, 15) is 24.3 Å². The van der Waals surface area contributed by atoms with Gasteiger partial charge in [-0.05, 0) is 35.6 Å². The second-order valence-corrected chi connectivity index (χ2v) is 8.39. The van der Waals surface area contributed by atoms with Crippen LogP contribution in [0.3, 0.4) is 0 Å². The molecule has 9 heteroatoms. The highest BCUT2D eigenvalue weighted by molar-refractivity contribution is 5.90. The molecule has 9 nitrogen and oxygen atoms in total. The number of aliphatic carboxylic acids is 1. The van der Waals surface area contributed by atoms with Gasteiger partial charge < -0.3 is 25.8 Å². The highest BCUT2D eigenvalue weighted by Crippen LogP contribution is 2.44. The van der Waals surface area contributed by atoms with E-state index in [2.05, 4.69) is 16.0 Å². The fraction of sp³-hybridized carbons (Fsp3) is 0.360. The van der Waals surface area contributed by atoms with Crippen LogP contribution >= 0.6 is 0 Å². The maximum atomic E-state index is 12.1. The Balaban J connectivity index is 1.44. The van der Waals surface area contributed by atoms with Crippen molar-refractivity contribution in [1.82, 2.24) is 16.0 Å². The van der Waals surface area contributed by atoms with Crippen LogP contribution in [0.25, 0.3) is 11.1 Å². The fourth-order valence-corrected chi connectivity index (χ4v) is 4.12. The van der Waals surface area contributed by atoms with Crippen LogP contribution in [-0.2, 0) is 19.1 Å². The number of carbonyl (C=O) groups excluding carboxylic acids is 3. The first kappa shape index (κ1) is 24.8. The quantitative estimate of drug-likeness (QED) is 0.424. The molecule has 0 aromatic heterocycles. The van der Waals surface area contributed by atoms with E-state index in [-0.39, 0.29) is 25.5 Å². The molecule has 1 atom stereocenters. The summed E-state index contributed by atoms with van der Waals surface area (Å²) in [6, 6.07) is 15.9. The Morgan fingerprint density at radius 1 is 0.912 bits per heavy atom. The summed E-state index contributed by atoms with van der Waals surface area (Å²) in [6.45, 7) is 2.56. The summed E-state index contributed by atoms with van der Waals surface area (Å²) in [7, 11) is 0. The van der Waals surface area contributed by atoms with Gasteiger partial charge in [0.2, 0.25) is 11.8 Å². The van der Waals surface area contributed by atoms with Gasteiger partial charge in [-0.15, -0.1) is 0 Å². The summed E-state index contributed by atoms with van der Waals surface area (Å²) in [5.74, 6) is -2.47. The minimum Gasteiger partial charge on any atom is -0.480 e. The van der Waals surface area contributed by atoms with Crippen LogP contribution in [0.15, 0.2) is 48.5 Å². The number of nitrogens with one attached hydrogen (secondary N) is 3. The Kier molecular flexibility index (Phi) is 7.88. The zero-order valence-electron chi connectivity index (χ0n) is 19.2. The van der Waals surface area contributed by atoms with Crippen molar-refractivity contribution in [2.75, 3.05) is 19.7 Å². The molecule has 180 valence electrons. The van der Waals surface area contributed by atoms with Crippen molar-refractivity contribution in [3.63, 3.8) is 0 Å². The zero-order valence-corrected chi connectivity index (χ0v) is 19.2. The molecule has 0 bridgehead atoms. The molecule has 34 heavy (non-hydrogen) atoms. The van der Waals surface area contributed by atoms with Crippen molar-refractivity contribution in [2.24, 2.45) is 0 Å². The minimum atomic E-state index is -1.41. The van der Waals surface area contributed by atoms with Crippen LogP contribution in [0.4, 0.5) is 4.79 Å². The Morgan fingerprint density at radius 3 is 2.03 bits per heavy atom. The predicted molar refractivity (Wildman–Crippen MR) is 125 cm³/mol. The number of alkyl carbamates (subject to hydrolysis) is 1. The molecule has 0 saturated heterocycles. The molecular weight excluding hydrogens is 438 g/mol. The van der Waals surface area contributed by atoms with Crippen LogP contribution in [0, 0.1) is 0 Å². The monoisotopic (exact) mass is 467 g/mol. The van der Waals surface area contributed by atoms with Crippen molar-refractivity contribution in [3.8, 4) is 11.1 Å².